The van der Waals surface area contributed by atoms with Gasteiger partial charge in [0.25, 0.3) is 0 Å². The molecule has 8 heteroatoms. The lowest BCUT2D eigenvalue weighted by atomic mass is 10.2. The topological polar surface area (TPSA) is 57.7 Å². The second-order valence-corrected chi connectivity index (χ2v) is 8.72. The summed E-state index contributed by atoms with van der Waals surface area (Å²) in [6.07, 6.45) is 1.12. The van der Waals surface area contributed by atoms with Crippen molar-refractivity contribution in [3.8, 4) is 0 Å². The van der Waals surface area contributed by atoms with Gasteiger partial charge in [0.05, 0.1) is 4.90 Å². The Morgan fingerprint density at radius 2 is 2.04 bits per heavy atom. The molecule has 0 radical (unpaired) electrons. The number of amides is 1. The van der Waals surface area contributed by atoms with Gasteiger partial charge in [-0.1, -0.05) is 0 Å². The van der Waals surface area contributed by atoms with Crippen molar-refractivity contribution < 1.29 is 17.6 Å². The Balaban J connectivity index is 1.79. The van der Waals surface area contributed by atoms with Crippen molar-refractivity contribution in [1.29, 1.82) is 0 Å². The summed E-state index contributed by atoms with van der Waals surface area (Å²) in [4.78, 5) is 14.3. The molecule has 134 valence electrons. The molecular formula is C17H19FN2O3S2. The van der Waals surface area contributed by atoms with E-state index in [1.54, 1.807) is 23.3 Å². The van der Waals surface area contributed by atoms with Gasteiger partial charge in [-0.25, -0.2) is 12.8 Å². The third-order valence-corrected chi connectivity index (χ3v) is 6.94. The molecule has 0 N–H and O–H groups in total. The van der Waals surface area contributed by atoms with Crippen LogP contribution in [0.2, 0.25) is 0 Å². The lowest BCUT2D eigenvalue weighted by Crippen LogP contribution is -2.46. The quantitative estimate of drug-likeness (QED) is 0.799. The standard InChI is InChI=1S/C17H19FN2O3S2/c1-19(11-13-8-10-24-12-13)17(21)16-3-2-9-20(16)25(22,23)15-6-4-14(18)5-7-15/h4-8,10,12,16H,2-3,9,11H2,1H3. The van der Waals surface area contributed by atoms with Crippen LogP contribution >= 0.6 is 11.3 Å². The summed E-state index contributed by atoms with van der Waals surface area (Å²) in [5.74, 6) is -0.710. The molecule has 0 aliphatic carbocycles. The highest BCUT2D eigenvalue weighted by molar-refractivity contribution is 7.89. The number of benzene rings is 1. The van der Waals surface area contributed by atoms with E-state index in [1.165, 1.54) is 16.4 Å². The first kappa shape index (κ1) is 18.0. The predicted octanol–water partition coefficient (Wildman–Crippen LogP) is 2.70. The van der Waals surface area contributed by atoms with Gasteiger partial charge >= 0.3 is 0 Å². The van der Waals surface area contributed by atoms with Crippen LogP contribution in [0, 0.1) is 5.82 Å². The van der Waals surface area contributed by atoms with Crippen LogP contribution in [0.1, 0.15) is 18.4 Å². The molecule has 1 aliphatic rings. The van der Waals surface area contributed by atoms with Crippen LogP contribution in [0.25, 0.3) is 0 Å². The van der Waals surface area contributed by atoms with Crippen LogP contribution in [-0.4, -0.2) is 43.2 Å². The van der Waals surface area contributed by atoms with Crippen molar-refractivity contribution >= 4 is 27.3 Å². The van der Waals surface area contributed by atoms with E-state index in [2.05, 4.69) is 0 Å². The molecule has 2 aromatic rings. The van der Waals surface area contributed by atoms with E-state index in [0.29, 0.717) is 25.9 Å². The molecule has 25 heavy (non-hydrogen) atoms. The van der Waals surface area contributed by atoms with E-state index >= 15 is 0 Å². The van der Waals surface area contributed by atoms with Crippen molar-refractivity contribution in [3.05, 3.63) is 52.5 Å². The maximum Gasteiger partial charge on any atom is 0.243 e. The van der Waals surface area contributed by atoms with Crippen LogP contribution in [0.15, 0.2) is 46.0 Å². The number of thiophene rings is 1. The highest BCUT2D eigenvalue weighted by Crippen LogP contribution is 2.27. The van der Waals surface area contributed by atoms with Gasteiger partial charge in [-0.05, 0) is 59.5 Å². The summed E-state index contributed by atoms with van der Waals surface area (Å²) < 4.78 is 40.0. The van der Waals surface area contributed by atoms with Crippen molar-refractivity contribution in [1.82, 2.24) is 9.21 Å². The molecule has 1 aromatic carbocycles. The molecule has 2 heterocycles. The lowest BCUT2D eigenvalue weighted by molar-refractivity contribution is -0.133. The second kappa shape index (κ2) is 7.23. The Labute approximate surface area is 150 Å². The third kappa shape index (κ3) is 3.75. The number of carbonyl (C=O) groups is 1. The largest absolute Gasteiger partial charge is 0.340 e. The van der Waals surface area contributed by atoms with Gasteiger partial charge in [-0.3, -0.25) is 4.79 Å². The molecule has 1 unspecified atom stereocenters. The molecule has 0 bridgehead atoms. The fourth-order valence-electron chi connectivity index (χ4n) is 3.01. The van der Waals surface area contributed by atoms with E-state index in [-0.39, 0.29) is 10.8 Å². The number of carbonyl (C=O) groups excluding carboxylic acids is 1. The van der Waals surface area contributed by atoms with Crippen molar-refractivity contribution in [2.24, 2.45) is 0 Å². The van der Waals surface area contributed by atoms with E-state index < -0.39 is 21.9 Å². The molecule has 5 nitrogen and oxygen atoms in total. The van der Waals surface area contributed by atoms with Crippen molar-refractivity contribution in [2.75, 3.05) is 13.6 Å². The van der Waals surface area contributed by atoms with Crippen LogP contribution in [0.4, 0.5) is 4.39 Å². The number of sulfonamides is 1. The zero-order chi connectivity index (χ0) is 18.0. The van der Waals surface area contributed by atoms with Crippen LogP contribution in [0.3, 0.4) is 0 Å². The zero-order valence-electron chi connectivity index (χ0n) is 13.8. The minimum absolute atomic E-state index is 0.00841. The van der Waals surface area contributed by atoms with Crippen molar-refractivity contribution in [3.63, 3.8) is 0 Å². The number of rotatable bonds is 5. The summed E-state index contributed by atoms with van der Waals surface area (Å²) in [7, 11) is -2.14. The fraction of sp³-hybridized carbons (Fsp3) is 0.353. The van der Waals surface area contributed by atoms with E-state index in [9.17, 15) is 17.6 Å². The highest BCUT2D eigenvalue weighted by atomic mass is 32.2. The van der Waals surface area contributed by atoms with Crippen LogP contribution < -0.4 is 0 Å². The lowest BCUT2D eigenvalue weighted by Gasteiger charge is -2.27. The van der Waals surface area contributed by atoms with Crippen LogP contribution in [0.5, 0.6) is 0 Å². The van der Waals surface area contributed by atoms with E-state index in [0.717, 1.165) is 17.7 Å². The molecule has 1 atom stereocenters. The molecule has 1 saturated heterocycles. The van der Waals surface area contributed by atoms with E-state index in [4.69, 9.17) is 0 Å². The number of hydrogen-bond donors (Lipinski definition) is 0. The molecule has 0 saturated carbocycles. The highest BCUT2D eigenvalue weighted by Gasteiger charge is 2.40. The Hall–Kier alpha value is -1.77. The smallest absolute Gasteiger partial charge is 0.243 e. The normalized spacial score (nSPS) is 18.4. The summed E-state index contributed by atoms with van der Waals surface area (Å²) in [5, 5.41) is 3.90. The van der Waals surface area contributed by atoms with Gasteiger partial charge in [0.1, 0.15) is 11.9 Å². The van der Waals surface area contributed by atoms with E-state index in [1.807, 2.05) is 16.8 Å². The summed E-state index contributed by atoms with van der Waals surface area (Å²) in [6, 6.07) is 5.93. The Morgan fingerprint density at radius 3 is 2.68 bits per heavy atom. The minimum atomic E-state index is -3.82. The molecule has 1 amide bonds. The van der Waals surface area contributed by atoms with Gasteiger partial charge in [0.2, 0.25) is 15.9 Å². The van der Waals surface area contributed by atoms with Gasteiger partial charge in [0, 0.05) is 20.1 Å². The average molecular weight is 382 g/mol. The average Bonchev–Trinajstić information content (AvgIpc) is 3.26. The first-order valence-corrected chi connectivity index (χ1v) is 10.3. The molecule has 1 aromatic heterocycles. The zero-order valence-corrected chi connectivity index (χ0v) is 15.4. The Kier molecular flexibility index (Phi) is 5.21. The Morgan fingerprint density at radius 1 is 1.32 bits per heavy atom. The molecule has 3 rings (SSSR count). The van der Waals surface area contributed by atoms with Gasteiger partial charge in [0.15, 0.2) is 0 Å². The van der Waals surface area contributed by atoms with Crippen molar-refractivity contribution in [2.45, 2.75) is 30.3 Å². The number of nitrogens with zero attached hydrogens (tertiary/aromatic N) is 2. The molecule has 0 spiro atoms. The SMILES string of the molecule is CN(Cc1ccsc1)C(=O)C1CCCN1S(=O)(=O)c1ccc(F)cc1. The molecular weight excluding hydrogens is 363 g/mol. The number of likely N-dealkylation sites (N-methyl/N-ethyl adjacent to an activating group) is 1. The monoisotopic (exact) mass is 382 g/mol. The summed E-state index contributed by atoms with van der Waals surface area (Å²) >= 11 is 1.55. The second-order valence-electron chi connectivity index (χ2n) is 6.05. The van der Waals surface area contributed by atoms with Gasteiger partial charge in [-0.15, -0.1) is 0 Å². The fourth-order valence-corrected chi connectivity index (χ4v) is 5.32. The minimum Gasteiger partial charge on any atom is -0.340 e. The number of halogens is 1. The number of hydrogen-bond acceptors (Lipinski definition) is 4. The maximum absolute atomic E-state index is 13.1. The third-order valence-electron chi connectivity index (χ3n) is 4.29. The first-order chi connectivity index (χ1) is 11.9. The predicted molar refractivity (Wildman–Crippen MR) is 94.1 cm³/mol. The molecule has 1 aliphatic heterocycles. The Bertz CT molecular complexity index is 835. The summed E-state index contributed by atoms with van der Waals surface area (Å²) in [5.41, 5.74) is 1.02. The summed E-state index contributed by atoms with van der Waals surface area (Å²) in [6.45, 7) is 0.742. The molecule has 1 fully saturated rings. The first-order valence-electron chi connectivity index (χ1n) is 7.93. The van der Waals surface area contributed by atoms with Gasteiger partial charge < -0.3 is 4.90 Å². The maximum atomic E-state index is 13.1. The van der Waals surface area contributed by atoms with Crippen LogP contribution in [-0.2, 0) is 21.4 Å². The van der Waals surface area contributed by atoms with Gasteiger partial charge in [-0.2, -0.15) is 15.6 Å².